The van der Waals surface area contributed by atoms with E-state index >= 15 is 0 Å². The van der Waals surface area contributed by atoms with Crippen LogP contribution in [-0.2, 0) is 0 Å². The van der Waals surface area contributed by atoms with Gasteiger partial charge < -0.3 is 15.4 Å². The Kier molecular flexibility index (Phi) is 8.32. The van der Waals surface area contributed by atoms with Crippen LogP contribution in [0.15, 0.2) is 18.2 Å². The Balaban J connectivity index is 2.65. The fraction of sp³-hybridized carbons (Fsp3) is 0.562. The molecule has 0 saturated carbocycles. The molecule has 0 amide bonds. The number of nitrogens with one attached hydrogen (secondary N) is 2. The molecule has 0 heterocycles. The van der Waals surface area contributed by atoms with Crippen LogP contribution in [0.3, 0.4) is 0 Å². The van der Waals surface area contributed by atoms with E-state index in [9.17, 15) is 10.1 Å². The fourth-order valence-corrected chi connectivity index (χ4v) is 2.45. The van der Waals surface area contributed by atoms with Crippen LogP contribution in [0.2, 0.25) is 0 Å². The van der Waals surface area contributed by atoms with E-state index < -0.39 is 4.92 Å². The zero-order valence-corrected chi connectivity index (χ0v) is 14.7. The molecule has 7 heteroatoms. The molecule has 0 bridgehead atoms. The van der Waals surface area contributed by atoms with E-state index in [1.54, 1.807) is 6.07 Å². The van der Waals surface area contributed by atoms with Crippen molar-refractivity contribution in [1.82, 2.24) is 5.32 Å². The summed E-state index contributed by atoms with van der Waals surface area (Å²) >= 11 is 5.28. The molecule has 0 fully saturated rings. The van der Waals surface area contributed by atoms with Gasteiger partial charge in [0.2, 0.25) is 0 Å². The number of methoxy groups -OCH3 is 1. The second-order valence-electron chi connectivity index (χ2n) is 5.39. The summed E-state index contributed by atoms with van der Waals surface area (Å²) in [5.74, 6) is 1.08. The number of hydrogen-bond donors (Lipinski definition) is 2. The molecule has 1 atom stereocenters. The molecule has 0 saturated heterocycles. The van der Waals surface area contributed by atoms with Gasteiger partial charge in [0.05, 0.1) is 17.7 Å². The molecule has 6 nitrogen and oxygen atoms in total. The van der Waals surface area contributed by atoms with Gasteiger partial charge in [-0.25, -0.2) is 0 Å². The number of ether oxygens (including phenoxy) is 1. The number of nitro benzene ring substituents is 1. The van der Waals surface area contributed by atoms with Gasteiger partial charge in [-0.2, -0.15) is 0 Å². The number of anilines is 1. The van der Waals surface area contributed by atoms with Gasteiger partial charge >= 0.3 is 0 Å². The van der Waals surface area contributed by atoms with E-state index in [-0.39, 0.29) is 5.69 Å². The molecular formula is C16H25N3O3S. The van der Waals surface area contributed by atoms with E-state index in [1.165, 1.54) is 38.5 Å². The van der Waals surface area contributed by atoms with Gasteiger partial charge in [-0.15, -0.1) is 0 Å². The number of non-ortho nitro benzene ring substituents is 1. The van der Waals surface area contributed by atoms with Crippen LogP contribution in [0, 0.1) is 16.0 Å². The predicted octanol–water partition coefficient (Wildman–Crippen LogP) is 4.11. The highest BCUT2D eigenvalue weighted by Gasteiger charge is 2.13. The van der Waals surface area contributed by atoms with E-state index in [4.69, 9.17) is 17.0 Å². The van der Waals surface area contributed by atoms with Crippen molar-refractivity contribution >= 4 is 28.7 Å². The number of benzene rings is 1. The summed E-state index contributed by atoms with van der Waals surface area (Å²) in [7, 11) is 1.51. The van der Waals surface area contributed by atoms with Gasteiger partial charge in [0.25, 0.3) is 5.69 Å². The van der Waals surface area contributed by atoms with E-state index in [1.807, 2.05) is 0 Å². The lowest BCUT2D eigenvalue weighted by Gasteiger charge is -2.18. The molecule has 0 radical (unpaired) electrons. The lowest BCUT2D eigenvalue weighted by molar-refractivity contribution is -0.384. The molecule has 1 rings (SSSR count). The largest absolute Gasteiger partial charge is 0.495 e. The van der Waals surface area contributed by atoms with E-state index in [0.717, 1.165) is 13.0 Å². The average molecular weight is 339 g/mol. The highest BCUT2D eigenvalue weighted by molar-refractivity contribution is 7.80. The summed E-state index contributed by atoms with van der Waals surface area (Å²) in [4.78, 5) is 10.4. The molecule has 128 valence electrons. The number of nitrogens with zero attached hydrogens (tertiary/aromatic N) is 1. The van der Waals surface area contributed by atoms with Crippen LogP contribution in [-0.4, -0.2) is 23.7 Å². The van der Waals surface area contributed by atoms with Gasteiger partial charge in [-0.05, 0) is 30.6 Å². The summed E-state index contributed by atoms with van der Waals surface area (Å²) in [6, 6.07) is 4.37. The standard InChI is InChI=1S/C16H25N3O3S/c1-4-6-7-12(5-2)11-17-16(23)18-14-10-13(19(20)21)8-9-15(14)22-3/h8-10,12H,4-7,11H2,1-3H3,(H2,17,18,23)/t12-/m0/s1. The summed E-state index contributed by atoms with van der Waals surface area (Å²) in [5.41, 5.74) is 0.478. The van der Waals surface area contributed by atoms with Crippen molar-refractivity contribution in [1.29, 1.82) is 0 Å². The zero-order chi connectivity index (χ0) is 17.2. The van der Waals surface area contributed by atoms with Crippen molar-refractivity contribution in [3.8, 4) is 5.75 Å². The third kappa shape index (κ3) is 6.40. The smallest absolute Gasteiger partial charge is 0.271 e. The van der Waals surface area contributed by atoms with Crippen molar-refractivity contribution < 1.29 is 9.66 Å². The van der Waals surface area contributed by atoms with Gasteiger partial charge in [0, 0.05) is 18.7 Å². The Labute approximate surface area is 142 Å². The Hall–Kier alpha value is -1.89. The first-order valence-electron chi connectivity index (χ1n) is 7.89. The predicted molar refractivity (Wildman–Crippen MR) is 97.2 cm³/mol. The van der Waals surface area contributed by atoms with Gasteiger partial charge in [-0.1, -0.05) is 33.1 Å². The Morgan fingerprint density at radius 1 is 1.43 bits per heavy atom. The lowest BCUT2D eigenvalue weighted by Crippen LogP contribution is -2.32. The topological polar surface area (TPSA) is 76.4 Å². The monoisotopic (exact) mass is 339 g/mol. The summed E-state index contributed by atoms with van der Waals surface area (Å²) in [5, 5.41) is 17.5. The molecule has 1 aromatic rings. The van der Waals surface area contributed by atoms with Crippen molar-refractivity contribution in [2.24, 2.45) is 5.92 Å². The van der Waals surface area contributed by atoms with E-state index in [2.05, 4.69) is 24.5 Å². The van der Waals surface area contributed by atoms with Crippen LogP contribution in [0.1, 0.15) is 39.5 Å². The Morgan fingerprint density at radius 2 is 2.17 bits per heavy atom. The van der Waals surface area contributed by atoms with Crippen molar-refractivity contribution in [3.63, 3.8) is 0 Å². The van der Waals surface area contributed by atoms with Crippen molar-refractivity contribution in [2.45, 2.75) is 39.5 Å². The molecule has 23 heavy (non-hydrogen) atoms. The van der Waals surface area contributed by atoms with Crippen LogP contribution < -0.4 is 15.4 Å². The average Bonchev–Trinajstić information content (AvgIpc) is 2.54. The molecule has 0 aliphatic heterocycles. The molecule has 1 aromatic carbocycles. The van der Waals surface area contributed by atoms with Gasteiger partial charge in [-0.3, -0.25) is 10.1 Å². The number of nitro groups is 1. The minimum absolute atomic E-state index is 0.00881. The number of unbranched alkanes of at least 4 members (excludes halogenated alkanes) is 1. The second-order valence-corrected chi connectivity index (χ2v) is 5.80. The normalized spacial score (nSPS) is 11.6. The summed E-state index contributed by atoms with van der Waals surface area (Å²) < 4.78 is 5.21. The van der Waals surface area contributed by atoms with Crippen molar-refractivity contribution in [3.05, 3.63) is 28.3 Å². The molecule has 0 unspecified atom stereocenters. The first kappa shape index (κ1) is 19.2. The number of thiocarbonyl (C=S) groups is 1. The van der Waals surface area contributed by atoms with Crippen LogP contribution in [0.5, 0.6) is 5.75 Å². The first-order valence-corrected chi connectivity index (χ1v) is 8.29. The van der Waals surface area contributed by atoms with Gasteiger partial charge in [0.15, 0.2) is 5.11 Å². The molecule has 0 spiro atoms. The molecule has 2 N–H and O–H groups in total. The number of rotatable bonds is 9. The maximum Gasteiger partial charge on any atom is 0.271 e. The highest BCUT2D eigenvalue weighted by atomic mass is 32.1. The van der Waals surface area contributed by atoms with Crippen molar-refractivity contribution in [2.75, 3.05) is 19.0 Å². The van der Waals surface area contributed by atoms with Crippen LogP contribution in [0.25, 0.3) is 0 Å². The third-order valence-corrected chi connectivity index (χ3v) is 3.98. The third-order valence-electron chi connectivity index (χ3n) is 3.74. The molecular weight excluding hydrogens is 314 g/mol. The van der Waals surface area contributed by atoms with Gasteiger partial charge in [0.1, 0.15) is 5.75 Å². The van der Waals surface area contributed by atoms with Crippen LogP contribution in [0.4, 0.5) is 11.4 Å². The number of hydrogen-bond acceptors (Lipinski definition) is 4. The zero-order valence-electron chi connectivity index (χ0n) is 13.9. The molecule has 0 aromatic heterocycles. The SMILES string of the molecule is CCCC[C@H](CC)CNC(=S)Nc1cc([N+](=O)[O-])ccc1OC. The minimum Gasteiger partial charge on any atom is -0.495 e. The molecule has 0 aliphatic carbocycles. The van der Waals surface area contributed by atoms with E-state index in [0.29, 0.717) is 22.5 Å². The fourth-order valence-electron chi connectivity index (χ4n) is 2.25. The maximum absolute atomic E-state index is 10.9. The quantitative estimate of drug-likeness (QED) is 0.401. The summed E-state index contributed by atoms with van der Waals surface area (Å²) in [6.07, 6.45) is 4.65. The lowest BCUT2D eigenvalue weighted by atomic mass is 9.99. The maximum atomic E-state index is 10.9. The minimum atomic E-state index is -0.445. The summed E-state index contributed by atoms with van der Waals surface area (Å²) in [6.45, 7) is 5.14. The second kappa shape index (κ2) is 9.99. The Bertz CT molecular complexity index is 537. The highest BCUT2D eigenvalue weighted by Crippen LogP contribution is 2.28. The van der Waals surface area contributed by atoms with Crippen LogP contribution >= 0.6 is 12.2 Å². The molecule has 0 aliphatic rings. The first-order chi connectivity index (χ1) is 11.0. The Morgan fingerprint density at radius 3 is 2.74 bits per heavy atom.